The van der Waals surface area contributed by atoms with Gasteiger partial charge in [-0.15, -0.1) is 0 Å². The van der Waals surface area contributed by atoms with E-state index in [9.17, 15) is 8.78 Å². The Balaban J connectivity index is 2.06. The molecule has 1 fully saturated rings. The quantitative estimate of drug-likeness (QED) is 0.830. The molecule has 1 aliphatic rings. The molecule has 2 rings (SSSR count). The molecule has 0 aromatic heterocycles. The van der Waals surface area contributed by atoms with E-state index in [4.69, 9.17) is 0 Å². The zero-order valence-electron chi connectivity index (χ0n) is 9.47. The zero-order chi connectivity index (χ0) is 11.5. The third-order valence-electron chi connectivity index (χ3n) is 3.44. The average Bonchev–Trinajstić information content (AvgIpc) is 2.21. The monoisotopic (exact) mass is 225 g/mol. The maximum atomic E-state index is 13.6. The lowest BCUT2D eigenvalue weighted by molar-refractivity contribution is 0.242. The normalized spacial score (nSPS) is 24.2. The number of hydrogen-bond donors (Lipinski definition) is 1. The minimum Gasteiger partial charge on any atom is -0.317 e. The van der Waals surface area contributed by atoms with Crippen LogP contribution in [0.15, 0.2) is 18.2 Å². The van der Waals surface area contributed by atoms with Crippen LogP contribution in [0.2, 0.25) is 0 Å². The number of hydrogen-bond acceptors (Lipinski definition) is 1. The molecule has 1 aliphatic carbocycles. The highest BCUT2D eigenvalue weighted by molar-refractivity contribution is 5.25. The van der Waals surface area contributed by atoms with Gasteiger partial charge in [0.1, 0.15) is 11.6 Å². The average molecular weight is 225 g/mol. The molecule has 88 valence electrons. The molecule has 1 saturated carbocycles. The molecule has 0 spiro atoms. The lowest BCUT2D eigenvalue weighted by Crippen LogP contribution is -2.34. The van der Waals surface area contributed by atoms with Gasteiger partial charge in [-0.3, -0.25) is 0 Å². The molecule has 1 aromatic rings. The Bertz CT molecular complexity index is 365. The Kier molecular flexibility index (Phi) is 3.54. The van der Waals surface area contributed by atoms with Crippen molar-refractivity contribution >= 4 is 0 Å². The van der Waals surface area contributed by atoms with E-state index in [1.165, 1.54) is 6.07 Å². The van der Waals surface area contributed by atoms with Crippen LogP contribution in [0, 0.1) is 17.6 Å². The van der Waals surface area contributed by atoms with Gasteiger partial charge in [-0.25, -0.2) is 8.78 Å². The first-order valence-corrected chi connectivity index (χ1v) is 5.88. The molecule has 1 N–H and O–H groups in total. The van der Waals surface area contributed by atoms with Gasteiger partial charge in [0.2, 0.25) is 0 Å². The standard InChI is InChI=1S/C13H17F2N/c1-2-16-8-9-3-5-11(9)12-6-4-10(14)7-13(12)15/h4,6-7,9,11,16H,2-3,5,8H2,1H3. The van der Waals surface area contributed by atoms with Crippen LogP contribution in [0.25, 0.3) is 0 Å². The van der Waals surface area contributed by atoms with Crippen LogP contribution in [-0.4, -0.2) is 13.1 Å². The number of halogens is 2. The topological polar surface area (TPSA) is 12.0 Å². The predicted molar refractivity (Wildman–Crippen MR) is 60.4 cm³/mol. The van der Waals surface area contributed by atoms with Crippen molar-refractivity contribution in [2.75, 3.05) is 13.1 Å². The maximum absolute atomic E-state index is 13.6. The van der Waals surface area contributed by atoms with Crippen LogP contribution in [0.1, 0.15) is 31.2 Å². The first-order valence-electron chi connectivity index (χ1n) is 5.88. The molecular formula is C13H17F2N. The van der Waals surface area contributed by atoms with Crippen LogP contribution in [0.5, 0.6) is 0 Å². The molecule has 0 heterocycles. The van der Waals surface area contributed by atoms with Crippen molar-refractivity contribution in [3.8, 4) is 0 Å². The van der Waals surface area contributed by atoms with Crippen molar-refractivity contribution in [3.05, 3.63) is 35.4 Å². The van der Waals surface area contributed by atoms with Crippen molar-refractivity contribution in [2.45, 2.75) is 25.7 Å². The minimum absolute atomic E-state index is 0.264. The van der Waals surface area contributed by atoms with Crippen LogP contribution >= 0.6 is 0 Å². The SMILES string of the molecule is CCNCC1CCC1c1ccc(F)cc1F. The Morgan fingerprint density at radius 3 is 2.69 bits per heavy atom. The lowest BCUT2D eigenvalue weighted by atomic mass is 9.70. The Morgan fingerprint density at radius 2 is 2.12 bits per heavy atom. The molecule has 0 bridgehead atoms. The fourth-order valence-electron chi connectivity index (χ4n) is 2.35. The Labute approximate surface area is 94.9 Å². The van der Waals surface area contributed by atoms with Gasteiger partial charge >= 0.3 is 0 Å². The van der Waals surface area contributed by atoms with Crippen LogP contribution < -0.4 is 5.32 Å². The van der Waals surface area contributed by atoms with Gasteiger partial charge in [0.05, 0.1) is 0 Å². The summed E-state index contributed by atoms with van der Waals surface area (Å²) < 4.78 is 26.3. The largest absolute Gasteiger partial charge is 0.317 e. The predicted octanol–water partition coefficient (Wildman–Crippen LogP) is 3.07. The zero-order valence-corrected chi connectivity index (χ0v) is 9.47. The van der Waals surface area contributed by atoms with Crippen molar-refractivity contribution in [1.82, 2.24) is 5.32 Å². The molecule has 3 heteroatoms. The molecule has 0 radical (unpaired) electrons. The van der Waals surface area contributed by atoms with Gasteiger partial charge < -0.3 is 5.32 Å². The maximum Gasteiger partial charge on any atom is 0.129 e. The summed E-state index contributed by atoms with van der Waals surface area (Å²) in [6.45, 7) is 3.93. The van der Waals surface area contributed by atoms with Crippen molar-refractivity contribution in [2.24, 2.45) is 5.92 Å². The summed E-state index contributed by atoms with van der Waals surface area (Å²) in [4.78, 5) is 0. The van der Waals surface area contributed by atoms with Gasteiger partial charge in [-0.1, -0.05) is 13.0 Å². The number of nitrogens with one attached hydrogen (secondary N) is 1. The van der Waals surface area contributed by atoms with E-state index in [0.717, 1.165) is 32.0 Å². The molecule has 0 saturated heterocycles. The summed E-state index contributed by atoms with van der Waals surface area (Å²) in [7, 11) is 0. The summed E-state index contributed by atoms with van der Waals surface area (Å²) in [5, 5.41) is 3.28. The molecule has 0 amide bonds. The van der Waals surface area contributed by atoms with E-state index < -0.39 is 11.6 Å². The van der Waals surface area contributed by atoms with Gasteiger partial charge in [-0.05, 0) is 49.4 Å². The van der Waals surface area contributed by atoms with E-state index in [1.54, 1.807) is 6.07 Å². The summed E-state index contributed by atoms with van der Waals surface area (Å²) in [6, 6.07) is 3.92. The highest BCUT2D eigenvalue weighted by atomic mass is 19.1. The summed E-state index contributed by atoms with van der Waals surface area (Å²) in [6.07, 6.45) is 2.15. The Hall–Kier alpha value is -0.960. The number of benzene rings is 1. The van der Waals surface area contributed by atoms with Crippen molar-refractivity contribution in [3.63, 3.8) is 0 Å². The first kappa shape index (κ1) is 11.5. The summed E-state index contributed by atoms with van der Waals surface area (Å²) >= 11 is 0. The van der Waals surface area contributed by atoms with Gasteiger partial charge in [0.15, 0.2) is 0 Å². The van der Waals surface area contributed by atoms with Gasteiger partial charge in [-0.2, -0.15) is 0 Å². The third kappa shape index (κ3) is 2.24. The van der Waals surface area contributed by atoms with Crippen LogP contribution in [-0.2, 0) is 0 Å². The van der Waals surface area contributed by atoms with Crippen molar-refractivity contribution < 1.29 is 8.78 Å². The van der Waals surface area contributed by atoms with E-state index in [1.807, 2.05) is 0 Å². The van der Waals surface area contributed by atoms with Gasteiger partial charge in [0, 0.05) is 6.07 Å². The van der Waals surface area contributed by atoms with Crippen LogP contribution in [0.3, 0.4) is 0 Å². The number of rotatable bonds is 4. The molecule has 0 aliphatic heterocycles. The summed E-state index contributed by atoms with van der Waals surface area (Å²) in [5.41, 5.74) is 0.676. The molecule has 16 heavy (non-hydrogen) atoms. The van der Waals surface area contributed by atoms with E-state index in [0.29, 0.717) is 11.5 Å². The molecule has 2 atom stereocenters. The fourth-order valence-corrected chi connectivity index (χ4v) is 2.35. The van der Waals surface area contributed by atoms with Crippen LogP contribution in [0.4, 0.5) is 8.78 Å². The second kappa shape index (κ2) is 4.91. The van der Waals surface area contributed by atoms with E-state index in [-0.39, 0.29) is 5.92 Å². The van der Waals surface area contributed by atoms with E-state index in [2.05, 4.69) is 12.2 Å². The summed E-state index contributed by atoms with van der Waals surface area (Å²) in [5.74, 6) is -0.130. The molecule has 2 unspecified atom stereocenters. The second-order valence-electron chi connectivity index (χ2n) is 4.42. The lowest BCUT2D eigenvalue weighted by Gasteiger charge is -2.37. The first-order chi connectivity index (χ1) is 7.72. The molecule has 1 aromatic carbocycles. The molecule has 1 nitrogen and oxygen atoms in total. The van der Waals surface area contributed by atoms with Gasteiger partial charge in [0.25, 0.3) is 0 Å². The fraction of sp³-hybridized carbons (Fsp3) is 0.538. The highest BCUT2D eigenvalue weighted by Gasteiger charge is 2.33. The minimum atomic E-state index is -0.496. The second-order valence-corrected chi connectivity index (χ2v) is 4.42. The molecular weight excluding hydrogens is 208 g/mol. The van der Waals surface area contributed by atoms with E-state index >= 15 is 0 Å². The Morgan fingerprint density at radius 1 is 1.31 bits per heavy atom. The smallest absolute Gasteiger partial charge is 0.129 e. The third-order valence-corrected chi connectivity index (χ3v) is 3.44. The van der Waals surface area contributed by atoms with Crippen molar-refractivity contribution in [1.29, 1.82) is 0 Å². The highest BCUT2D eigenvalue weighted by Crippen LogP contribution is 2.42.